The lowest BCUT2D eigenvalue weighted by Gasteiger charge is -2.36. The lowest BCUT2D eigenvalue weighted by atomic mass is 9.67. The number of hydrogen-bond donors (Lipinski definition) is 0. The van der Waals surface area contributed by atoms with Gasteiger partial charge < -0.3 is 4.90 Å². The minimum absolute atomic E-state index is 0.469. The molecule has 260 valence electrons. The highest BCUT2D eigenvalue weighted by Crippen LogP contribution is 2.56. The van der Waals surface area contributed by atoms with E-state index >= 15 is 0 Å². The van der Waals surface area contributed by atoms with Crippen molar-refractivity contribution < 1.29 is 0 Å². The van der Waals surface area contributed by atoms with Gasteiger partial charge in [-0.2, -0.15) is 0 Å². The molecule has 1 atom stereocenters. The average molecular weight is 694 g/mol. The summed E-state index contributed by atoms with van der Waals surface area (Å²) in [5.74, 6) is 0. The fourth-order valence-electron chi connectivity index (χ4n) is 8.35. The summed E-state index contributed by atoms with van der Waals surface area (Å²) in [6.45, 7) is 12.9. The maximum absolute atomic E-state index is 4.29. The van der Waals surface area contributed by atoms with Gasteiger partial charge in [-0.25, -0.2) is 0 Å². The molecule has 1 aliphatic carbocycles. The molecule has 0 saturated heterocycles. The number of nitrogens with zero attached hydrogens (tertiary/aromatic N) is 1. The highest BCUT2D eigenvalue weighted by molar-refractivity contribution is 5.91. The zero-order valence-corrected chi connectivity index (χ0v) is 30.9. The van der Waals surface area contributed by atoms with Gasteiger partial charge in [-0.05, 0) is 111 Å². The van der Waals surface area contributed by atoms with Crippen LogP contribution in [0.4, 0.5) is 17.1 Å². The highest BCUT2D eigenvalue weighted by Gasteiger charge is 2.45. The molecule has 1 aliphatic rings. The van der Waals surface area contributed by atoms with Crippen LogP contribution >= 0.6 is 0 Å². The van der Waals surface area contributed by atoms with Crippen LogP contribution in [-0.2, 0) is 5.41 Å². The summed E-state index contributed by atoms with van der Waals surface area (Å²) in [5.41, 5.74) is 17.3. The molecule has 0 aliphatic heterocycles. The van der Waals surface area contributed by atoms with Gasteiger partial charge in [-0.3, -0.25) is 0 Å². The average Bonchev–Trinajstić information content (AvgIpc) is 3.49. The third-order valence-corrected chi connectivity index (χ3v) is 11.0. The summed E-state index contributed by atoms with van der Waals surface area (Å²) >= 11 is 0. The van der Waals surface area contributed by atoms with Gasteiger partial charge in [0.25, 0.3) is 0 Å². The van der Waals surface area contributed by atoms with Crippen LogP contribution in [0.1, 0.15) is 30.5 Å². The Morgan fingerprint density at radius 1 is 0.500 bits per heavy atom. The second-order valence-electron chi connectivity index (χ2n) is 13.9. The van der Waals surface area contributed by atoms with Crippen molar-refractivity contribution in [2.45, 2.75) is 19.3 Å². The van der Waals surface area contributed by atoms with E-state index in [9.17, 15) is 0 Å². The van der Waals surface area contributed by atoms with Gasteiger partial charge in [-0.1, -0.05) is 183 Å². The highest BCUT2D eigenvalue weighted by atomic mass is 15.1. The van der Waals surface area contributed by atoms with Crippen LogP contribution in [0.15, 0.2) is 225 Å². The van der Waals surface area contributed by atoms with E-state index in [0.717, 1.165) is 17.1 Å². The Bertz CT molecular complexity index is 2490. The Morgan fingerprint density at radius 2 is 0.907 bits per heavy atom. The number of rotatable bonds is 10. The molecule has 1 unspecified atom stereocenters. The smallest absolute Gasteiger partial charge is 0.0634 e. The molecule has 7 aromatic rings. The summed E-state index contributed by atoms with van der Waals surface area (Å²) in [4.78, 5) is 2.38. The van der Waals surface area contributed by atoms with Gasteiger partial charge in [0.2, 0.25) is 0 Å². The number of fused-ring (bicyclic) bond motifs is 1. The molecule has 8 rings (SSSR count). The van der Waals surface area contributed by atoms with Crippen molar-refractivity contribution in [1.29, 1.82) is 0 Å². The summed E-state index contributed by atoms with van der Waals surface area (Å²) < 4.78 is 0. The van der Waals surface area contributed by atoms with Crippen LogP contribution in [0.3, 0.4) is 0 Å². The van der Waals surface area contributed by atoms with Gasteiger partial charge in [0.05, 0.1) is 5.41 Å². The van der Waals surface area contributed by atoms with E-state index in [2.05, 4.69) is 220 Å². The number of anilines is 3. The minimum atomic E-state index is -0.469. The molecular weight excluding hydrogens is 651 g/mol. The van der Waals surface area contributed by atoms with Crippen LogP contribution in [0.5, 0.6) is 0 Å². The van der Waals surface area contributed by atoms with Crippen LogP contribution in [-0.4, -0.2) is 0 Å². The fourth-order valence-corrected chi connectivity index (χ4v) is 8.35. The third kappa shape index (κ3) is 6.04. The Balaban J connectivity index is 1.26. The molecule has 0 N–H and O–H groups in total. The van der Waals surface area contributed by atoms with Crippen molar-refractivity contribution >= 4 is 22.6 Å². The van der Waals surface area contributed by atoms with Gasteiger partial charge in [0.15, 0.2) is 0 Å². The number of allylic oxidation sites excluding steroid dienone is 6. The molecule has 7 aromatic carbocycles. The molecule has 0 spiro atoms. The molecule has 1 nitrogen and oxygen atoms in total. The Kier molecular flexibility index (Phi) is 9.38. The van der Waals surface area contributed by atoms with E-state index in [0.29, 0.717) is 0 Å². The fraction of sp³-hybridized carbons (Fsp3) is 0.0566. The molecule has 0 aromatic heterocycles. The zero-order valence-electron chi connectivity index (χ0n) is 30.9. The molecule has 0 fully saturated rings. The summed E-state index contributed by atoms with van der Waals surface area (Å²) in [6, 6.07) is 65.6. The molecule has 0 saturated carbocycles. The first-order chi connectivity index (χ1) is 26.5. The van der Waals surface area contributed by atoms with Gasteiger partial charge in [-0.15, -0.1) is 0 Å². The first-order valence-corrected chi connectivity index (χ1v) is 18.6. The third-order valence-electron chi connectivity index (χ3n) is 11.0. The number of hydrogen-bond acceptors (Lipinski definition) is 1. The molecule has 0 radical (unpaired) electrons. The molecule has 0 bridgehead atoms. The summed E-state index contributed by atoms with van der Waals surface area (Å²) in [7, 11) is 0. The molecule has 0 heterocycles. The van der Waals surface area contributed by atoms with Crippen molar-refractivity contribution in [3.63, 3.8) is 0 Å². The predicted molar refractivity (Wildman–Crippen MR) is 231 cm³/mol. The van der Waals surface area contributed by atoms with E-state index in [4.69, 9.17) is 0 Å². The Labute approximate surface area is 320 Å². The van der Waals surface area contributed by atoms with Crippen LogP contribution in [0, 0.1) is 0 Å². The van der Waals surface area contributed by atoms with E-state index in [1.165, 1.54) is 66.8 Å². The van der Waals surface area contributed by atoms with E-state index in [-0.39, 0.29) is 0 Å². The van der Waals surface area contributed by atoms with Crippen molar-refractivity contribution in [1.82, 2.24) is 0 Å². The maximum Gasteiger partial charge on any atom is 0.0634 e. The molecule has 0 amide bonds. The standard InChI is InChI=1S/C53H43N/c1-5-16-38(3)53(46-21-14-9-15-22-46)39(4)50(6-2)51-36-35-49(37-52(51)53)54(47-31-27-44(28-32-47)41-19-12-8-13-20-41)48-33-29-45(30-34-48)43-25-23-42(24-26-43)40-17-10-7-11-18-40/h5-37H,1-2H2,3-4H3. The van der Waals surface area contributed by atoms with Crippen LogP contribution < -0.4 is 4.90 Å². The quantitative estimate of drug-likeness (QED) is 0.129. The minimum Gasteiger partial charge on any atom is -0.310 e. The molecule has 1 heteroatoms. The first-order valence-electron chi connectivity index (χ1n) is 18.6. The van der Waals surface area contributed by atoms with E-state index < -0.39 is 5.41 Å². The Hall–Kier alpha value is -6.70. The largest absolute Gasteiger partial charge is 0.310 e. The second kappa shape index (κ2) is 14.7. The molecule has 54 heavy (non-hydrogen) atoms. The monoisotopic (exact) mass is 693 g/mol. The van der Waals surface area contributed by atoms with Crippen molar-refractivity contribution in [3.8, 4) is 33.4 Å². The first kappa shape index (κ1) is 34.4. The molecular formula is C53H43N. The summed E-state index contributed by atoms with van der Waals surface area (Å²) in [5, 5.41) is 0. The lowest BCUT2D eigenvalue weighted by Crippen LogP contribution is -2.29. The van der Waals surface area contributed by atoms with Crippen molar-refractivity contribution in [2.75, 3.05) is 4.90 Å². The van der Waals surface area contributed by atoms with Crippen molar-refractivity contribution in [2.24, 2.45) is 0 Å². The topological polar surface area (TPSA) is 3.24 Å². The van der Waals surface area contributed by atoms with Crippen LogP contribution in [0.2, 0.25) is 0 Å². The number of benzene rings is 7. The van der Waals surface area contributed by atoms with E-state index in [1.54, 1.807) is 0 Å². The van der Waals surface area contributed by atoms with Crippen molar-refractivity contribution in [3.05, 3.63) is 241 Å². The second-order valence-corrected chi connectivity index (χ2v) is 13.9. The van der Waals surface area contributed by atoms with Crippen LogP contribution in [0.25, 0.3) is 39.0 Å². The predicted octanol–water partition coefficient (Wildman–Crippen LogP) is 14.5. The van der Waals surface area contributed by atoms with E-state index in [1.807, 2.05) is 12.2 Å². The zero-order chi connectivity index (χ0) is 37.1. The Morgan fingerprint density at radius 3 is 1.35 bits per heavy atom. The van der Waals surface area contributed by atoms with Gasteiger partial charge in [0, 0.05) is 17.1 Å². The summed E-state index contributed by atoms with van der Waals surface area (Å²) in [6.07, 6.45) is 6.08. The lowest BCUT2D eigenvalue weighted by molar-refractivity contribution is 0.723. The van der Waals surface area contributed by atoms with Gasteiger partial charge in [0.1, 0.15) is 0 Å². The maximum atomic E-state index is 4.29. The SMILES string of the molecule is C=CC=C(C)C1(c2ccccc2)C(C)=C(C=C)c2ccc(N(c3ccc(-c4ccccc4)cc3)c3ccc(-c4ccc(-c5ccccc5)cc4)cc3)cc21. The van der Waals surface area contributed by atoms with Gasteiger partial charge >= 0.3 is 0 Å². The normalized spacial score (nSPS) is 15.1.